The van der Waals surface area contributed by atoms with Crippen molar-refractivity contribution in [1.29, 1.82) is 0 Å². The Hall–Kier alpha value is -1.79. The number of hydrogen-bond acceptors (Lipinski definition) is 5. The third-order valence-electron chi connectivity index (χ3n) is 4.38. The highest BCUT2D eigenvalue weighted by atomic mass is 32.2. The molecule has 5 nitrogen and oxygen atoms in total. The standard InChI is InChI=1S/C17H18N2O3S/c20-16(13-4-6-21-8-13)19-11-17(12-19)7-15(10-23-17)22-9-14-3-1-2-5-18-14/h1-6,8,15H,7,9-12H2/t15-/m1/s1. The van der Waals surface area contributed by atoms with E-state index in [9.17, 15) is 4.79 Å². The number of carbonyl (C=O) groups excluding carboxylic acids is 1. The zero-order valence-electron chi connectivity index (χ0n) is 12.7. The maximum atomic E-state index is 12.2. The van der Waals surface area contributed by atoms with Gasteiger partial charge in [-0.05, 0) is 24.6 Å². The van der Waals surface area contributed by atoms with Crippen LogP contribution >= 0.6 is 11.8 Å². The topological polar surface area (TPSA) is 55.6 Å². The van der Waals surface area contributed by atoms with Crippen molar-refractivity contribution in [2.75, 3.05) is 18.8 Å². The number of aromatic nitrogens is 1. The average Bonchev–Trinajstić information content (AvgIpc) is 3.22. The third-order valence-corrected chi connectivity index (χ3v) is 5.96. The van der Waals surface area contributed by atoms with E-state index in [-0.39, 0.29) is 16.8 Å². The number of nitrogens with zero attached hydrogens (tertiary/aromatic N) is 2. The van der Waals surface area contributed by atoms with E-state index in [1.165, 1.54) is 12.5 Å². The van der Waals surface area contributed by atoms with Gasteiger partial charge in [0.25, 0.3) is 5.91 Å². The molecule has 4 heterocycles. The van der Waals surface area contributed by atoms with Gasteiger partial charge in [-0.25, -0.2) is 0 Å². The van der Waals surface area contributed by atoms with Gasteiger partial charge < -0.3 is 14.1 Å². The number of ether oxygens (including phenoxy) is 1. The van der Waals surface area contributed by atoms with Crippen molar-refractivity contribution in [2.45, 2.75) is 23.9 Å². The normalized spacial score (nSPS) is 22.3. The van der Waals surface area contributed by atoms with Gasteiger partial charge in [-0.15, -0.1) is 11.8 Å². The van der Waals surface area contributed by atoms with Crippen LogP contribution in [0.1, 0.15) is 22.5 Å². The Kier molecular flexibility index (Phi) is 3.87. The fourth-order valence-electron chi connectivity index (χ4n) is 3.18. The van der Waals surface area contributed by atoms with Gasteiger partial charge in [-0.1, -0.05) is 6.07 Å². The van der Waals surface area contributed by atoms with Crippen molar-refractivity contribution >= 4 is 17.7 Å². The summed E-state index contributed by atoms with van der Waals surface area (Å²) in [6.07, 6.45) is 6.07. The molecule has 2 aliphatic rings. The predicted octanol–water partition coefficient (Wildman–Crippen LogP) is 2.59. The van der Waals surface area contributed by atoms with Gasteiger partial charge in [0.2, 0.25) is 0 Å². The summed E-state index contributed by atoms with van der Waals surface area (Å²) in [6, 6.07) is 7.58. The van der Waals surface area contributed by atoms with E-state index in [4.69, 9.17) is 9.15 Å². The lowest BCUT2D eigenvalue weighted by Crippen LogP contribution is -2.60. The molecule has 0 aromatic carbocycles. The average molecular weight is 330 g/mol. The van der Waals surface area contributed by atoms with Gasteiger partial charge in [-0.3, -0.25) is 9.78 Å². The zero-order valence-corrected chi connectivity index (χ0v) is 13.5. The molecule has 1 amide bonds. The van der Waals surface area contributed by atoms with Crippen LogP contribution < -0.4 is 0 Å². The molecule has 2 fully saturated rings. The highest BCUT2D eigenvalue weighted by Gasteiger charge is 2.51. The number of pyridine rings is 1. The lowest BCUT2D eigenvalue weighted by molar-refractivity contribution is 0.0245. The maximum absolute atomic E-state index is 12.2. The molecule has 120 valence electrons. The molecule has 0 unspecified atom stereocenters. The Morgan fingerprint density at radius 1 is 1.43 bits per heavy atom. The fraction of sp³-hybridized carbons (Fsp3) is 0.412. The summed E-state index contributed by atoms with van der Waals surface area (Å²) >= 11 is 1.93. The van der Waals surface area contributed by atoms with Crippen LogP contribution in [0.4, 0.5) is 0 Å². The second-order valence-corrected chi connectivity index (χ2v) is 7.61. The molecule has 23 heavy (non-hydrogen) atoms. The molecule has 2 saturated heterocycles. The zero-order chi connectivity index (χ0) is 15.7. The second kappa shape index (κ2) is 6.02. The van der Waals surface area contributed by atoms with Gasteiger partial charge in [0, 0.05) is 25.0 Å². The van der Waals surface area contributed by atoms with Gasteiger partial charge in [0.1, 0.15) is 6.26 Å². The van der Waals surface area contributed by atoms with Crippen molar-refractivity contribution in [3.8, 4) is 0 Å². The van der Waals surface area contributed by atoms with Crippen LogP contribution in [0.5, 0.6) is 0 Å². The second-order valence-electron chi connectivity index (χ2n) is 6.13. The summed E-state index contributed by atoms with van der Waals surface area (Å²) < 4.78 is 11.1. The highest BCUT2D eigenvalue weighted by Crippen LogP contribution is 2.46. The summed E-state index contributed by atoms with van der Waals surface area (Å²) in [4.78, 5) is 18.4. The van der Waals surface area contributed by atoms with E-state index in [1.54, 1.807) is 12.3 Å². The molecular weight excluding hydrogens is 312 g/mol. The molecule has 0 aliphatic carbocycles. The minimum atomic E-state index is 0.0582. The van der Waals surface area contributed by atoms with E-state index < -0.39 is 0 Å². The Labute approximate surface area is 139 Å². The third kappa shape index (κ3) is 3.01. The van der Waals surface area contributed by atoms with Crippen LogP contribution in [-0.2, 0) is 11.3 Å². The van der Waals surface area contributed by atoms with Gasteiger partial charge in [0.05, 0.1) is 35.0 Å². The molecule has 4 rings (SSSR count). The van der Waals surface area contributed by atoms with Crippen LogP contribution in [0, 0.1) is 0 Å². The van der Waals surface area contributed by atoms with Crippen molar-refractivity contribution in [1.82, 2.24) is 9.88 Å². The van der Waals surface area contributed by atoms with Crippen molar-refractivity contribution in [2.24, 2.45) is 0 Å². The minimum absolute atomic E-state index is 0.0582. The van der Waals surface area contributed by atoms with E-state index in [1.807, 2.05) is 34.9 Å². The Morgan fingerprint density at radius 3 is 3.09 bits per heavy atom. The number of furan rings is 1. The van der Waals surface area contributed by atoms with E-state index in [2.05, 4.69) is 4.98 Å². The molecule has 0 bridgehead atoms. The summed E-state index contributed by atoms with van der Waals surface area (Å²) in [5.74, 6) is 1.04. The SMILES string of the molecule is O=C(c1ccoc1)N1CC2(C[C@@H](OCc3ccccn3)CS2)C1. The lowest BCUT2D eigenvalue weighted by atomic mass is 9.92. The smallest absolute Gasteiger partial charge is 0.257 e. The molecule has 0 radical (unpaired) electrons. The van der Waals surface area contributed by atoms with E-state index in [0.717, 1.165) is 31.0 Å². The van der Waals surface area contributed by atoms with Crippen LogP contribution in [0.15, 0.2) is 47.4 Å². The summed E-state index contributed by atoms with van der Waals surface area (Å²) in [7, 11) is 0. The molecule has 2 aliphatic heterocycles. The molecule has 0 saturated carbocycles. The van der Waals surface area contributed by atoms with Crippen LogP contribution in [0.3, 0.4) is 0 Å². The molecule has 2 aromatic rings. The van der Waals surface area contributed by atoms with Crippen molar-refractivity contribution in [3.05, 3.63) is 54.2 Å². The fourth-order valence-corrected chi connectivity index (χ4v) is 4.73. The van der Waals surface area contributed by atoms with Gasteiger partial charge in [-0.2, -0.15) is 0 Å². The quantitative estimate of drug-likeness (QED) is 0.862. The molecule has 0 N–H and O–H groups in total. The van der Waals surface area contributed by atoms with Crippen LogP contribution in [0.2, 0.25) is 0 Å². The minimum Gasteiger partial charge on any atom is -0.472 e. The number of rotatable bonds is 4. The largest absolute Gasteiger partial charge is 0.472 e. The molecule has 6 heteroatoms. The van der Waals surface area contributed by atoms with Crippen LogP contribution in [-0.4, -0.2) is 45.5 Å². The van der Waals surface area contributed by atoms with E-state index >= 15 is 0 Å². The number of carbonyl (C=O) groups is 1. The first kappa shape index (κ1) is 14.8. The Balaban J connectivity index is 1.27. The monoisotopic (exact) mass is 330 g/mol. The highest BCUT2D eigenvalue weighted by molar-refractivity contribution is 8.01. The van der Waals surface area contributed by atoms with Crippen molar-refractivity contribution < 1.29 is 13.9 Å². The summed E-state index contributed by atoms with van der Waals surface area (Å²) in [5, 5.41) is 0. The first-order valence-electron chi connectivity index (χ1n) is 7.71. The molecule has 2 aromatic heterocycles. The predicted molar refractivity (Wildman–Crippen MR) is 87.2 cm³/mol. The lowest BCUT2D eigenvalue weighted by Gasteiger charge is -2.47. The Bertz CT molecular complexity index is 668. The molecule has 1 atom stereocenters. The Morgan fingerprint density at radius 2 is 2.35 bits per heavy atom. The maximum Gasteiger partial charge on any atom is 0.257 e. The first-order chi connectivity index (χ1) is 11.2. The number of likely N-dealkylation sites (tertiary alicyclic amines) is 1. The van der Waals surface area contributed by atoms with Gasteiger partial charge >= 0.3 is 0 Å². The number of thioether (sulfide) groups is 1. The van der Waals surface area contributed by atoms with Crippen LogP contribution in [0.25, 0.3) is 0 Å². The summed E-state index contributed by atoms with van der Waals surface area (Å²) in [6.45, 7) is 2.15. The number of amides is 1. The van der Waals surface area contributed by atoms with Crippen molar-refractivity contribution in [3.63, 3.8) is 0 Å². The molecule has 1 spiro atoms. The first-order valence-corrected chi connectivity index (χ1v) is 8.70. The van der Waals surface area contributed by atoms with Gasteiger partial charge in [0.15, 0.2) is 0 Å². The number of hydrogen-bond donors (Lipinski definition) is 0. The summed E-state index contributed by atoms with van der Waals surface area (Å²) in [5.41, 5.74) is 1.59. The van der Waals surface area contributed by atoms with E-state index in [0.29, 0.717) is 12.2 Å². The molecular formula is C17H18N2O3S.